The highest BCUT2D eigenvalue weighted by molar-refractivity contribution is 7.14. The van der Waals surface area contributed by atoms with Crippen molar-refractivity contribution >= 4 is 28.3 Å². The van der Waals surface area contributed by atoms with E-state index in [1.807, 2.05) is 28.5 Å². The molecule has 3 heterocycles. The largest absolute Gasteiger partial charge is 0.350 e. The second-order valence-electron chi connectivity index (χ2n) is 6.97. The second kappa shape index (κ2) is 8.81. The summed E-state index contributed by atoms with van der Waals surface area (Å²) in [6, 6.07) is 8.99. The Kier molecular flexibility index (Phi) is 5.99. The van der Waals surface area contributed by atoms with Gasteiger partial charge >= 0.3 is 0 Å². The van der Waals surface area contributed by atoms with Crippen molar-refractivity contribution in [3.05, 3.63) is 47.0 Å². The zero-order valence-electron chi connectivity index (χ0n) is 15.5. The molecular weight excluding hydrogens is 378 g/mol. The molecule has 28 heavy (non-hydrogen) atoms. The third kappa shape index (κ3) is 4.57. The molecule has 0 unspecified atom stereocenters. The molecule has 7 nitrogen and oxygen atoms in total. The maximum atomic E-state index is 12.6. The van der Waals surface area contributed by atoms with Crippen LogP contribution in [0.5, 0.6) is 0 Å². The molecule has 0 atom stereocenters. The van der Waals surface area contributed by atoms with Crippen molar-refractivity contribution in [2.24, 2.45) is 5.92 Å². The zero-order chi connectivity index (χ0) is 19.3. The van der Waals surface area contributed by atoms with Crippen LogP contribution in [0.4, 0.5) is 5.13 Å². The average molecular weight is 401 g/mol. The van der Waals surface area contributed by atoms with Gasteiger partial charge in [-0.2, -0.15) is 0 Å². The lowest BCUT2D eigenvalue weighted by molar-refractivity contribution is -0.136. The monoisotopic (exact) mass is 401 g/mol. The van der Waals surface area contributed by atoms with Crippen molar-refractivity contribution in [3.8, 4) is 0 Å². The summed E-state index contributed by atoms with van der Waals surface area (Å²) in [5.41, 5.74) is 1.26. The van der Waals surface area contributed by atoms with Crippen LogP contribution in [0.25, 0.3) is 0 Å². The van der Waals surface area contributed by atoms with Crippen molar-refractivity contribution < 1.29 is 19.1 Å². The zero-order valence-corrected chi connectivity index (χ0v) is 16.3. The van der Waals surface area contributed by atoms with Crippen LogP contribution >= 0.6 is 11.3 Å². The fourth-order valence-electron chi connectivity index (χ4n) is 3.54. The number of ether oxygens (including phenoxy) is 2. The van der Waals surface area contributed by atoms with Gasteiger partial charge < -0.3 is 14.4 Å². The average Bonchev–Trinajstić information content (AvgIpc) is 3.41. The quantitative estimate of drug-likeness (QED) is 0.833. The van der Waals surface area contributed by atoms with Crippen molar-refractivity contribution in [1.82, 2.24) is 9.88 Å². The Labute approximate surface area is 167 Å². The number of anilines is 1. The third-order valence-corrected chi connectivity index (χ3v) is 5.87. The van der Waals surface area contributed by atoms with Crippen LogP contribution < -0.4 is 5.32 Å². The summed E-state index contributed by atoms with van der Waals surface area (Å²) >= 11 is 1.33. The number of rotatable bonds is 5. The highest BCUT2D eigenvalue weighted by Gasteiger charge is 2.31. The topological polar surface area (TPSA) is 80.8 Å². The molecular formula is C20H23N3O4S. The first kappa shape index (κ1) is 19.0. The predicted octanol–water partition coefficient (Wildman–Crippen LogP) is 2.55. The number of thiazole rings is 1. The Bertz CT molecular complexity index is 812. The number of piperidine rings is 1. The molecule has 2 fully saturated rings. The minimum absolute atomic E-state index is 0.0675. The van der Waals surface area contributed by atoms with Gasteiger partial charge in [0.1, 0.15) is 0 Å². The molecule has 1 N–H and O–H groups in total. The van der Waals surface area contributed by atoms with E-state index < -0.39 is 0 Å². The van der Waals surface area contributed by atoms with Crippen LogP contribution in [0.3, 0.4) is 0 Å². The van der Waals surface area contributed by atoms with Crippen LogP contribution in [0.15, 0.2) is 35.7 Å². The van der Waals surface area contributed by atoms with Gasteiger partial charge in [0.2, 0.25) is 5.91 Å². The molecule has 0 bridgehead atoms. The fraction of sp³-hybridized carbons (Fsp3) is 0.450. The molecule has 2 aliphatic heterocycles. The number of amides is 2. The van der Waals surface area contributed by atoms with Gasteiger partial charge in [-0.3, -0.25) is 14.9 Å². The van der Waals surface area contributed by atoms with E-state index in [-0.39, 0.29) is 24.5 Å². The number of benzene rings is 1. The maximum absolute atomic E-state index is 12.6. The predicted molar refractivity (Wildman–Crippen MR) is 105 cm³/mol. The summed E-state index contributed by atoms with van der Waals surface area (Å²) in [4.78, 5) is 31.1. The number of nitrogens with zero attached hydrogens (tertiary/aromatic N) is 2. The SMILES string of the molecule is O=C(Nc1nc(CC(=O)N2CCC(C3OCCO3)CC2)cs1)c1ccccc1. The molecule has 0 radical (unpaired) electrons. The van der Waals surface area contributed by atoms with E-state index in [1.54, 1.807) is 12.1 Å². The molecule has 148 valence electrons. The summed E-state index contributed by atoms with van der Waals surface area (Å²) in [7, 11) is 0. The van der Waals surface area contributed by atoms with E-state index in [0.717, 1.165) is 12.8 Å². The maximum Gasteiger partial charge on any atom is 0.257 e. The first-order chi connectivity index (χ1) is 13.7. The molecule has 0 aliphatic carbocycles. The molecule has 2 aliphatic rings. The molecule has 0 spiro atoms. The Morgan fingerprint density at radius 3 is 2.57 bits per heavy atom. The van der Waals surface area contributed by atoms with E-state index >= 15 is 0 Å². The van der Waals surface area contributed by atoms with E-state index in [0.29, 0.717) is 48.6 Å². The van der Waals surface area contributed by atoms with E-state index in [9.17, 15) is 9.59 Å². The van der Waals surface area contributed by atoms with Gasteiger partial charge in [-0.25, -0.2) is 4.98 Å². The number of likely N-dealkylation sites (tertiary alicyclic amines) is 1. The lowest BCUT2D eigenvalue weighted by Gasteiger charge is -2.33. The Morgan fingerprint density at radius 1 is 1.14 bits per heavy atom. The third-order valence-electron chi connectivity index (χ3n) is 5.07. The standard InChI is InChI=1S/C20H23N3O4S/c24-17(23-8-6-15(7-9-23)19-26-10-11-27-19)12-16-13-28-20(21-16)22-18(25)14-4-2-1-3-5-14/h1-5,13,15,19H,6-12H2,(H,21,22,25). The van der Waals surface area contributed by atoms with E-state index in [1.165, 1.54) is 11.3 Å². The second-order valence-corrected chi connectivity index (χ2v) is 7.83. The summed E-state index contributed by atoms with van der Waals surface area (Å²) < 4.78 is 11.2. The summed E-state index contributed by atoms with van der Waals surface area (Å²) in [5.74, 6) is 0.231. The van der Waals surface area contributed by atoms with Crippen molar-refractivity contribution in [2.45, 2.75) is 25.6 Å². The highest BCUT2D eigenvalue weighted by atomic mass is 32.1. The van der Waals surface area contributed by atoms with E-state index in [4.69, 9.17) is 9.47 Å². The molecule has 0 saturated carbocycles. The van der Waals surface area contributed by atoms with Crippen LogP contribution in [0.2, 0.25) is 0 Å². The van der Waals surface area contributed by atoms with Gasteiger partial charge in [0, 0.05) is 30.0 Å². The fourth-order valence-corrected chi connectivity index (χ4v) is 4.25. The first-order valence-electron chi connectivity index (χ1n) is 9.51. The normalized spacial score (nSPS) is 18.4. The van der Waals surface area contributed by atoms with Gasteiger partial charge in [-0.15, -0.1) is 11.3 Å². The number of nitrogens with one attached hydrogen (secondary N) is 1. The lowest BCUT2D eigenvalue weighted by Crippen LogP contribution is -2.42. The minimum Gasteiger partial charge on any atom is -0.350 e. The van der Waals surface area contributed by atoms with Gasteiger partial charge in [-0.1, -0.05) is 18.2 Å². The van der Waals surface area contributed by atoms with Crippen LogP contribution in [-0.4, -0.2) is 54.3 Å². The number of carbonyl (C=O) groups excluding carboxylic acids is 2. The Hall–Kier alpha value is -2.29. The Balaban J connectivity index is 1.27. The molecule has 4 rings (SSSR count). The lowest BCUT2D eigenvalue weighted by atomic mass is 9.96. The summed E-state index contributed by atoms with van der Waals surface area (Å²) in [6.45, 7) is 2.76. The van der Waals surface area contributed by atoms with Crippen LogP contribution in [0, 0.1) is 5.92 Å². The van der Waals surface area contributed by atoms with Gasteiger partial charge in [-0.05, 0) is 25.0 Å². The smallest absolute Gasteiger partial charge is 0.257 e. The van der Waals surface area contributed by atoms with Gasteiger partial charge in [0.15, 0.2) is 11.4 Å². The molecule has 2 amide bonds. The number of aromatic nitrogens is 1. The molecule has 1 aromatic carbocycles. The minimum atomic E-state index is -0.203. The van der Waals surface area contributed by atoms with Crippen molar-refractivity contribution in [1.29, 1.82) is 0 Å². The Morgan fingerprint density at radius 2 is 1.86 bits per heavy atom. The van der Waals surface area contributed by atoms with Crippen LogP contribution in [-0.2, 0) is 20.7 Å². The van der Waals surface area contributed by atoms with Gasteiger partial charge in [0.05, 0.1) is 25.3 Å². The highest BCUT2D eigenvalue weighted by Crippen LogP contribution is 2.26. The first-order valence-corrected chi connectivity index (χ1v) is 10.4. The van der Waals surface area contributed by atoms with E-state index in [2.05, 4.69) is 10.3 Å². The summed E-state index contributed by atoms with van der Waals surface area (Å²) in [5, 5.41) is 5.11. The number of hydrogen-bond acceptors (Lipinski definition) is 6. The molecule has 2 saturated heterocycles. The van der Waals surface area contributed by atoms with Crippen molar-refractivity contribution in [2.75, 3.05) is 31.6 Å². The number of hydrogen-bond donors (Lipinski definition) is 1. The van der Waals surface area contributed by atoms with Gasteiger partial charge in [0.25, 0.3) is 5.91 Å². The number of carbonyl (C=O) groups is 2. The van der Waals surface area contributed by atoms with Crippen LogP contribution in [0.1, 0.15) is 28.9 Å². The van der Waals surface area contributed by atoms with Crippen molar-refractivity contribution in [3.63, 3.8) is 0 Å². The molecule has 1 aromatic heterocycles. The summed E-state index contributed by atoms with van der Waals surface area (Å²) in [6.07, 6.45) is 1.93. The molecule has 8 heteroatoms. The molecule has 2 aromatic rings.